The molecule has 82 heavy (non-hydrogen) atoms. The van der Waals surface area contributed by atoms with Gasteiger partial charge in [0.15, 0.2) is 0 Å². The van der Waals surface area contributed by atoms with Gasteiger partial charge in [0.25, 0.3) is 0 Å². The van der Waals surface area contributed by atoms with E-state index in [4.69, 9.17) is 65.8 Å². The quantitative estimate of drug-likeness (QED) is 0.0378. The fraction of sp³-hybridized carbons (Fsp3) is 0.102. The van der Waals surface area contributed by atoms with Crippen LogP contribution < -0.4 is 47.7 Å². The van der Waals surface area contributed by atoms with Crippen LogP contribution in [0.4, 0.5) is 0 Å². The molecule has 0 aromatic heterocycles. The first-order chi connectivity index (χ1) is 39.8. The van der Waals surface area contributed by atoms with Crippen LogP contribution in [0, 0.1) is 0 Å². The van der Waals surface area contributed by atoms with Gasteiger partial charge in [0.2, 0.25) is 0 Å². The number of carbonyl (C=O) groups is 5. The molecule has 2 saturated heterocycles. The molecule has 4 unspecified atom stereocenters. The first kappa shape index (κ1) is 57.2. The van der Waals surface area contributed by atoms with E-state index in [1.165, 1.54) is 48.5 Å². The Labute approximate surface area is 473 Å². The third-order valence-corrected chi connectivity index (χ3v) is 22.0. The Morgan fingerprint density at radius 3 is 0.756 bits per heavy atom. The van der Waals surface area contributed by atoms with E-state index in [0.29, 0.717) is 0 Å². The van der Waals surface area contributed by atoms with Crippen molar-refractivity contribution in [1.29, 1.82) is 0 Å². The topological polar surface area (TPSA) is 248 Å². The van der Waals surface area contributed by atoms with Gasteiger partial charge in [-0.05, 0) is 0 Å². The van der Waals surface area contributed by atoms with Gasteiger partial charge in [-0.3, -0.25) is 0 Å². The van der Waals surface area contributed by atoms with Crippen LogP contribution >= 0.6 is 31.8 Å². The van der Waals surface area contributed by atoms with Crippen LogP contribution in [-0.4, -0.2) is 52.5 Å². The Hall–Kier alpha value is -8.01. The second-order valence-electron chi connectivity index (χ2n) is 18.0. The molecule has 0 amide bonds. The average molecular weight is 1180 g/mol. The van der Waals surface area contributed by atoms with Gasteiger partial charge >= 0.3 is 476 Å². The summed E-state index contributed by atoms with van der Waals surface area (Å²) >= 11 is 0. The Kier molecular flexibility index (Phi) is 17.5. The first-order valence-electron chi connectivity index (χ1n) is 25.3. The van der Waals surface area contributed by atoms with Crippen molar-refractivity contribution in [3.05, 3.63) is 243 Å². The van der Waals surface area contributed by atoms with Crippen molar-refractivity contribution in [2.75, 3.05) is 0 Å². The molecule has 420 valence electrons. The molecule has 19 nitrogen and oxygen atoms in total. The van der Waals surface area contributed by atoms with Crippen LogP contribution in [-0.2, 0) is 42.1 Å². The molecule has 4 N–H and O–H groups in total. The third kappa shape index (κ3) is 12.3. The molecular formula is C59H52N2O17P4. The van der Waals surface area contributed by atoms with Gasteiger partial charge in [0.05, 0.1) is 0 Å². The van der Waals surface area contributed by atoms with Crippen molar-refractivity contribution < 1.29 is 78.3 Å². The summed E-state index contributed by atoms with van der Waals surface area (Å²) in [5.41, 5.74) is 8.45. The molecule has 0 radical (unpaired) electrons. The van der Waals surface area contributed by atoms with Crippen LogP contribution in [0.15, 0.2) is 243 Å². The van der Waals surface area contributed by atoms with Crippen LogP contribution in [0.2, 0.25) is 0 Å². The molecule has 0 aliphatic carbocycles. The van der Waals surface area contributed by atoms with E-state index in [-0.39, 0.29) is 46.0 Å². The molecule has 0 bridgehead atoms. The van der Waals surface area contributed by atoms with Gasteiger partial charge in [0, 0.05) is 0 Å². The Balaban J connectivity index is 1.23. The summed E-state index contributed by atoms with van der Waals surface area (Å²) < 4.78 is 79.2. The van der Waals surface area contributed by atoms with Gasteiger partial charge in [-0.2, -0.15) is 0 Å². The number of carbonyl (C=O) groups excluding carboxylic acids is 5. The second kappa shape index (κ2) is 25.0. The summed E-state index contributed by atoms with van der Waals surface area (Å²) in [6.45, 7) is 0. The molecule has 2 aliphatic heterocycles. The van der Waals surface area contributed by atoms with Gasteiger partial charge in [-0.25, -0.2) is 0 Å². The van der Waals surface area contributed by atoms with Crippen molar-refractivity contribution in [1.82, 2.24) is 0 Å². The zero-order valence-electron chi connectivity index (χ0n) is 43.2. The van der Waals surface area contributed by atoms with Gasteiger partial charge in [-0.1, -0.05) is 0 Å². The maximum absolute atomic E-state index is 16.9. The van der Waals surface area contributed by atoms with Crippen LogP contribution in [0.3, 0.4) is 0 Å². The summed E-state index contributed by atoms with van der Waals surface area (Å²) in [4.78, 5) is 78.9. The second-order valence-corrected chi connectivity index (χ2v) is 26.6. The molecule has 2 fully saturated rings. The number of hydrogen-bond donors (Lipinski definition) is 2. The third-order valence-electron chi connectivity index (χ3n) is 12.2. The average Bonchev–Trinajstić information content (AvgIpc) is 3.77. The molecule has 2 aliphatic rings. The number of benzene rings is 8. The number of Topliss-reactive ketones (excluding diaryl/α,β-unsaturated/α-hetero) is 1. The van der Waals surface area contributed by atoms with E-state index in [9.17, 15) is 0 Å². The number of rotatable bonds is 26. The first-order valence-corrected chi connectivity index (χ1v) is 31.5. The van der Waals surface area contributed by atoms with E-state index < -0.39 is 97.2 Å². The Morgan fingerprint density at radius 2 is 0.561 bits per heavy atom. The Morgan fingerprint density at radius 1 is 0.354 bits per heavy atom. The zero-order chi connectivity index (χ0) is 57.0. The van der Waals surface area contributed by atoms with Crippen molar-refractivity contribution in [3.8, 4) is 46.0 Å². The van der Waals surface area contributed by atoms with Crippen molar-refractivity contribution in [2.45, 2.75) is 37.5 Å². The molecule has 10 rings (SSSR count). The molecule has 23 heteroatoms. The number of ketones is 1. The molecular weight excluding hydrogens is 1130 g/mol. The summed E-state index contributed by atoms with van der Waals surface area (Å²) in [6.07, 6.45) is -7.05. The molecule has 0 spiro atoms. The van der Waals surface area contributed by atoms with Crippen LogP contribution in [0.1, 0.15) is 12.8 Å². The molecule has 0 saturated carbocycles. The normalized spacial score (nSPS) is 19.3. The molecule has 8 aromatic rings. The van der Waals surface area contributed by atoms with E-state index in [1.807, 2.05) is 0 Å². The van der Waals surface area contributed by atoms with Gasteiger partial charge in [0.1, 0.15) is 0 Å². The SMILES string of the molecule is NC1CC(=O)P(Oc2ccccc2)(Oc2ccccc2)(OC(OP(Oc2ccccc2)Oc2ccccc2)C(=O)C(OP(Oc2ccccc2)Oc2ccccc2)OP2(Oc3ccccc3)(Oc3ccccc3)C(=O)CC(N)C2=O)C1=O. The fourth-order valence-electron chi connectivity index (χ4n) is 8.36. The number of nitrogens with two attached hydrogens (primary N) is 2. The standard InChI is InChI=1S/C59H52N2O17P4/c60-51-41-53(62)81(56(51)65,73-47-33-17-5-18-34-47,74-48-35-19-6-20-36-48)77-58(71-79(67-43-25-9-1-10-26-43)68-44-27-11-2-12-28-44)55(64)59(72-80(69-45-29-13-3-14-30-45)70-46-31-15-4-16-32-46)78-82(54(63)42-52(61)57(82)66,75-49-37-21-7-22-38-49)76-50-39-23-8-24-40-50/h1-40,51-52,58-59H,41-42,60-61H2. The number of hydrogen-bond acceptors (Lipinski definition) is 19. The van der Waals surface area contributed by atoms with Gasteiger partial charge < -0.3 is 0 Å². The van der Waals surface area contributed by atoms with E-state index in [2.05, 4.69) is 0 Å². The van der Waals surface area contributed by atoms with E-state index in [0.717, 1.165) is 0 Å². The van der Waals surface area contributed by atoms with Crippen molar-refractivity contribution >= 4 is 59.7 Å². The zero-order valence-corrected chi connectivity index (χ0v) is 46.8. The fourth-order valence-corrected chi connectivity index (χ4v) is 17.8. The predicted molar refractivity (Wildman–Crippen MR) is 306 cm³/mol. The predicted octanol–water partition coefficient (Wildman–Crippen LogP) is 12.5. The van der Waals surface area contributed by atoms with Crippen molar-refractivity contribution in [3.63, 3.8) is 0 Å². The summed E-state index contributed by atoms with van der Waals surface area (Å²) in [5.74, 6) is -1.60. The summed E-state index contributed by atoms with van der Waals surface area (Å²) in [7, 11) is -19.1. The number of para-hydroxylation sites is 8. The minimum atomic E-state index is -6.53. The summed E-state index contributed by atoms with van der Waals surface area (Å²) in [6, 6.07) is 59.7. The maximum atomic E-state index is 16.9. The summed E-state index contributed by atoms with van der Waals surface area (Å²) in [5, 5.41) is 0. The molecule has 8 aromatic carbocycles. The monoisotopic (exact) mass is 1180 g/mol. The van der Waals surface area contributed by atoms with Crippen LogP contribution in [0.5, 0.6) is 46.0 Å². The minimum absolute atomic E-state index is 0.140. The molecule has 2 heterocycles. The van der Waals surface area contributed by atoms with E-state index in [1.54, 1.807) is 194 Å². The molecule has 4 atom stereocenters. The Bertz CT molecular complexity index is 3090. The van der Waals surface area contributed by atoms with E-state index >= 15 is 24.0 Å². The van der Waals surface area contributed by atoms with Crippen molar-refractivity contribution in [2.24, 2.45) is 11.5 Å². The van der Waals surface area contributed by atoms with Crippen LogP contribution in [0.25, 0.3) is 0 Å². The van der Waals surface area contributed by atoms with Gasteiger partial charge in [-0.15, -0.1) is 0 Å².